The van der Waals surface area contributed by atoms with Gasteiger partial charge >= 0.3 is 0 Å². The van der Waals surface area contributed by atoms with E-state index in [0.29, 0.717) is 11.7 Å². The second-order valence-electron chi connectivity index (χ2n) is 4.86. The van der Waals surface area contributed by atoms with E-state index in [1.165, 1.54) is 5.39 Å². The molecule has 0 heterocycles. The molecule has 2 N–H and O–H groups in total. The Morgan fingerprint density at radius 3 is 2.45 bits per heavy atom. The number of hydroxylamine groups is 1. The number of anilines is 1. The molecule has 0 radical (unpaired) electrons. The van der Waals surface area contributed by atoms with Crippen LogP contribution in [0.4, 0.5) is 5.69 Å². The van der Waals surface area contributed by atoms with E-state index < -0.39 is 0 Å². The van der Waals surface area contributed by atoms with Crippen LogP contribution in [0.25, 0.3) is 10.8 Å². The van der Waals surface area contributed by atoms with Crippen molar-refractivity contribution >= 4 is 33.8 Å². The molecule has 3 aromatic rings. The molecule has 0 aliphatic heterocycles. The van der Waals surface area contributed by atoms with E-state index in [9.17, 15) is 0 Å². The average Bonchev–Trinajstić information content (AvgIpc) is 2.56. The van der Waals surface area contributed by atoms with Gasteiger partial charge in [-0.05, 0) is 29.2 Å². The summed E-state index contributed by atoms with van der Waals surface area (Å²) in [4.78, 5) is 5.41. The normalized spacial score (nSPS) is 10.4. The second-order valence-corrected chi connectivity index (χ2v) is 5.27. The van der Waals surface area contributed by atoms with Crippen molar-refractivity contribution in [2.45, 2.75) is 6.61 Å². The third-order valence-corrected chi connectivity index (χ3v) is 3.47. The van der Waals surface area contributed by atoms with Crippen LogP contribution in [0.1, 0.15) is 5.56 Å². The fraction of sp³-hybridized carbons (Fsp3) is 0.0556. The summed E-state index contributed by atoms with van der Waals surface area (Å²) < 4.78 is 0. The van der Waals surface area contributed by atoms with E-state index in [4.69, 9.17) is 17.1 Å². The first-order valence-corrected chi connectivity index (χ1v) is 7.44. The van der Waals surface area contributed by atoms with Gasteiger partial charge in [0.2, 0.25) is 0 Å². The molecule has 4 heteroatoms. The van der Waals surface area contributed by atoms with Gasteiger partial charge in [-0.15, -0.1) is 0 Å². The minimum atomic E-state index is 0.437. The highest BCUT2D eigenvalue weighted by molar-refractivity contribution is 7.80. The Labute approximate surface area is 134 Å². The molecule has 0 amide bonds. The minimum absolute atomic E-state index is 0.437. The van der Waals surface area contributed by atoms with Crippen molar-refractivity contribution in [1.29, 1.82) is 0 Å². The molecule has 0 atom stereocenters. The van der Waals surface area contributed by atoms with Crippen LogP contribution in [0.3, 0.4) is 0 Å². The van der Waals surface area contributed by atoms with Crippen LogP contribution >= 0.6 is 12.2 Å². The van der Waals surface area contributed by atoms with Gasteiger partial charge in [0.1, 0.15) is 0 Å². The summed E-state index contributed by atoms with van der Waals surface area (Å²) in [6.45, 7) is 0.457. The SMILES string of the molecule is S=C(NOCc1ccccc1)Nc1cccc2ccccc12. The Morgan fingerprint density at radius 2 is 1.59 bits per heavy atom. The molecule has 0 bridgehead atoms. The quantitative estimate of drug-likeness (QED) is 0.557. The standard InChI is InChI=1S/C18H16N2OS/c22-18(20-21-13-14-7-2-1-3-8-14)19-17-12-6-10-15-9-4-5-11-16(15)17/h1-12H,13H2,(H2,19,20,22). The smallest absolute Gasteiger partial charge is 0.195 e. The van der Waals surface area contributed by atoms with Crippen LogP contribution in [-0.2, 0) is 11.4 Å². The summed E-state index contributed by atoms with van der Waals surface area (Å²) >= 11 is 5.27. The Morgan fingerprint density at radius 1 is 0.864 bits per heavy atom. The second kappa shape index (κ2) is 7.02. The van der Waals surface area contributed by atoms with E-state index in [1.807, 2.05) is 54.6 Å². The maximum absolute atomic E-state index is 5.41. The number of nitrogens with one attached hydrogen (secondary N) is 2. The molecule has 3 rings (SSSR count). The molecular weight excluding hydrogens is 292 g/mol. The molecular formula is C18H16N2OS. The van der Waals surface area contributed by atoms with Gasteiger partial charge in [-0.2, -0.15) is 0 Å². The van der Waals surface area contributed by atoms with Crippen molar-refractivity contribution in [3.8, 4) is 0 Å². The molecule has 3 aromatic carbocycles. The van der Waals surface area contributed by atoms with Gasteiger partial charge in [0, 0.05) is 11.1 Å². The molecule has 22 heavy (non-hydrogen) atoms. The lowest BCUT2D eigenvalue weighted by atomic mass is 10.1. The molecule has 0 saturated carbocycles. The van der Waals surface area contributed by atoms with Crippen LogP contribution in [0.15, 0.2) is 72.8 Å². The highest BCUT2D eigenvalue weighted by Gasteiger charge is 2.02. The number of rotatable bonds is 4. The Kier molecular flexibility index (Phi) is 4.63. The van der Waals surface area contributed by atoms with Crippen molar-refractivity contribution in [3.63, 3.8) is 0 Å². The number of benzene rings is 3. The molecule has 0 unspecified atom stereocenters. The summed E-state index contributed by atoms with van der Waals surface area (Å²) in [5.74, 6) is 0. The average molecular weight is 308 g/mol. The predicted octanol–water partition coefficient (Wildman–Crippen LogP) is 4.26. The van der Waals surface area contributed by atoms with Crippen molar-refractivity contribution < 1.29 is 4.84 Å². The largest absolute Gasteiger partial charge is 0.331 e. The van der Waals surface area contributed by atoms with E-state index >= 15 is 0 Å². The summed E-state index contributed by atoms with van der Waals surface area (Å²) in [6, 6.07) is 24.2. The predicted molar refractivity (Wildman–Crippen MR) is 94.5 cm³/mol. The number of hydrogen-bond donors (Lipinski definition) is 2. The minimum Gasteiger partial charge on any atom is -0.331 e. The summed E-state index contributed by atoms with van der Waals surface area (Å²) in [5.41, 5.74) is 4.81. The van der Waals surface area contributed by atoms with Crippen LogP contribution in [0.5, 0.6) is 0 Å². The third-order valence-electron chi connectivity index (χ3n) is 3.28. The molecule has 0 fully saturated rings. The third kappa shape index (κ3) is 3.61. The maximum atomic E-state index is 5.41. The first-order chi connectivity index (χ1) is 10.8. The summed E-state index contributed by atoms with van der Waals surface area (Å²) in [6.07, 6.45) is 0. The zero-order chi connectivity index (χ0) is 15.2. The number of thiocarbonyl (C=S) groups is 1. The molecule has 110 valence electrons. The fourth-order valence-electron chi connectivity index (χ4n) is 2.24. The molecule has 0 aliphatic rings. The summed E-state index contributed by atoms with van der Waals surface area (Å²) in [5, 5.41) is 5.89. The lowest BCUT2D eigenvalue weighted by Crippen LogP contribution is -2.28. The number of fused-ring (bicyclic) bond motifs is 1. The summed E-state index contributed by atoms with van der Waals surface area (Å²) in [7, 11) is 0. The zero-order valence-electron chi connectivity index (χ0n) is 12.0. The van der Waals surface area contributed by atoms with E-state index in [0.717, 1.165) is 16.6 Å². The van der Waals surface area contributed by atoms with Gasteiger partial charge in [0.25, 0.3) is 0 Å². The lowest BCUT2D eigenvalue weighted by Gasteiger charge is -2.12. The monoisotopic (exact) mass is 308 g/mol. The van der Waals surface area contributed by atoms with Crippen LogP contribution < -0.4 is 10.8 Å². The van der Waals surface area contributed by atoms with E-state index in [-0.39, 0.29) is 0 Å². The zero-order valence-corrected chi connectivity index (χ0v) is 12.8. The molecule has 0 aliphatic carbocycles. The maximum Gasteiger partial charge on any atom is 0.195 e. The Hall–Kier alpha value is -2.43. The number of hydrogen-bond acceptors (Lipinski definition) is 2. The van der Waals surface area contributed by atoms with Crippen molar-refractivity contribution in [3.05, 3.63) is 78.4 Å². The molecule has 0 spiro atoms. The first kappa shape index (κ1) is 14.5. The van der Waals surface area contributed by atoms with Crippen LogP contribution in [-0.4, -0.2) is 5.11 Å². The van der Waals surface area contributed by atoms with Gasteiger partial charge in [-0.3, -0.25) is 4.84 Å². The van der Waals surface area contributed by atoms with E-state index in [2.05, 4.69) is 29.0 Å². The highest BCUT2D eigenvalue weighted by atomic mass is 32.1. The van der Waals surface area contributed by atoms with Gasteiger partial charge in [0.15, 0.2) is 5.11 Å². The lowest BCUT2D eigenvalue weighted by molar-refractivity contribution is 0.0728. The van der Waals surface area contributed by atoms with Crippen molar-refractivity contribution in [2.75, 3.05) is 5.32 Å². The van der Waals surface area contributed by atoms with Crippen LogP contribution in [0, 0.1) is 0 Å². The van der Waals surface area contributed by atoms with Gasteiger partial charge < -0.3 is 5.32 Å². The molecule has 0 saturated heterocycles. The molecule has 3 nitrogen and oxygen atoms in total. The Bertz CT molecular complexity index is 769. The topological polar surface area (TPSA) is 33.3 Å². The van der Waals surface area contributed by atoms with Gasteiger partial charge in [-0.25, -0.2) is 5.48 Å². The van der Waals surface area contributed by atoms with Gasteiger partial charge in [-0.1, -0.05) is 66.7 Å². The fourth-order valence-corrected chi connectivity index (χ4v) is 2.41. The highest BCUT2D eigenvalue weighted by Crippen LogP contribution is 2.22. The van der Waals surface area contributed by atoms with Crippen molar-refractivity contribution in [1.82, 2.24) is 5.48 Å². The van der Waals surface area contributed by atoms with Gasteiger partial charge in [0.05, 0.1) is 6.61 Å². The van der Waals surface area contributed by atoms with E-state index in [1.54, 1.807) is 0 Å². The van der Waals surface area contributed by atoms with Crippen molar-refractivity contribution in [2.24, 2.45) is 0 Å². The Balaban J connectivity index is 1.59. The molecule has 0 aromatic heterocycles. The first-order valence-electron chi connectivity index (χ1n) is 7.03. The van der Waals surface area contributed by atoms with Crippen LogP contribution in [0.2, 0.25) is 0 Å².